The van der Waals surface area contributed by atoms with Crippen molar-refractivity contribution in [2.75, 3.05) is 31.5 Å². The Bertz CT molecular complexity index is 574. The largest absolute Gasteiger partial charge is 0.357 e. The first-order chi connectivity index (χ1) is 11.1. The fourth-order valence-corrected chi connectivity index (χ4v) is 3.07. The van der Waals surface area contributed by atoms with Crippen molar-refractivity contribution in [3.8, 4) is 0 Å². The van der Waals surface area contributed by atoms with Gasteiger partial charge in [-0.3, -0.25) is 9.79 Å². The highest BCUT2D eigenvalue weighted by Gasteiger charge is 2.15. The molecule has 24 heavy (non-hydrogen) atoms. The van der Waals surface area contributed by atoms with Crippen molar-refractivity contribution in [2.24, 2.45) is 4.99 Å². The van der Waals surface area contributed by atoms with Crippen molar-refractivity contribution >= 4 is 57.5 Å². The molecular formula is C17H26BrIN4O. The van der Waals surface area contributed by atoms with Gasteiger partial charge in [0, 0.05) is 36.2 Å². The molecule has 1 saturated heterocycles. The van der Waals surface area contributed by atoms with Crippen LogP contribution in [0.2, 0.25) is 0 Å². The van der Waals surface area contributed by atoms with E-state index in [9.17, 15) is 4.79 Å². The minimum atomic E-state index is -0.00329. The van der Waals surface area contributed by atoms with E-state index >= 15 is 0 Å². The third-order valence-electron chi connectivity index (χ3n) is 3.80. The first kappa shape index (κ1) is 21.2. The number of carbonyl (C=O) groups excluding carboxylic acids is 1. The van der Waals surface area contributed by atoms with Crippen LogP contribution in [0.25, 0.3) is 0 Å². The lowest BCUT2D eigenvalue weighted by Gasteiger charge is -2.20. The zero-order valence-corrected chi connectivity index (χ0v) is 18.2. The molecule has 0 spiro atoms. The molecule has 0 unspecified atom stereocenters. The molecule has 0 aromatic heterocycles. The van der Waals surface area contributed by atoms with Gasteiger partial charge in [0.1, 0.15) is 0 Å². The van der Waals surface area contributed by atoms with E-state index in [-0.39, 0.29) is 29.9 Å². The first-order valence-electron chi connectivity index (χ1n) is 8.19. The fraction of sp³-hybridized carbons (Fsp3) is 0.529. The van der Waals surface area contributed by atoms with Crippen molar-refractivity contribution in [3.63, 3.8) is 0 Å². The fourth-order valence-electron chi connectivity index (χ4n) is 2.60. The number of aryl methyl sites for hydroxylation is 1. The number of aliphatic imine (C=N–C) groups is 1. The predicted molar refractivity (Wildman–Crippen MR) is 114 cm³/mol. The van der Waals surface area contributed by atoms with Gasteiger partial charge in [0.2, 0.25) is 5.91 Å². The maximum atomic E-state index is 12.1. The van der Waals surface area contributed by atoms with Gasteiger partial charge in [-0.15, -0.1) is 24.0 Å². The second kappa shape index (κ2) is 10.9. The summed E-state index contributed by atoms with van der Waals surface area (Å²) >= 11 is 3.43. The topological polar surface area (TPSA) is 56.7 Å². The minimum absolute atomic E-state index is 0. The van der Waals surface area contributed by atoms with Crippen LogP contribution in [0.4, 0.5) is 5.69 Å². The molecule has 7 heteroatoms. The van der Waals surface area contributed by atoms with E-state index < -0.39 is 0 Å². The number of hydrogen-bond acceptors (Lipinski definition) is 2. The van der Waals surface area contributed by atoms with Gasteiger partial charge in [-0.1, -0.05) is 15.9 Å². The standard InChI is InChI=1S/C17H25BrN4O.HI/c1-3-19-17(22-10-4-5-11-22)20-9-8-16(23)21-15-7-6-14(18)12-13(15)2;/h6-7,12H,3-5,8-11H2,1-2H3,(H,19,20)(H,21,23);1H. The Labute approximate surface area is 169 Å². The summed E-state index contributed by atoms with van der Waals surface area (Å²) in [5.74, 6) is 0.925. The Kier molecular flexibility index (Phi) is 9.65. The van der Waals surface area contributed by atoms with E-state index in [2.05, 4.69) is 43.4 Å². The molecule has 2 rings (SSSR count). The molecule has 1 fully saturated rings. The Balaban J connectivity index is 0.00000288. The van der Waals surface area contributed by atoms with E-state index in [1.165, 1.54) is 12.8 Å². The van der Waals surface area contributed by atoms with E-state index in [4.69, 9.17) is 0 Å². The molecule has 1 aliphatic heterocycles. The van der Waals surface area contributed by atoms with Crippen LogP contribution in [0.3, 0.4) is 0 Å². The van der Waals surface area contributed by atoms with Gasteiger partial charge in [0.25, 0.3) is 0 Å². The molecule has 2 N–H and O–H groups in total. The van der Waals surface area contributed by atoms with E-state index in [1.807, 2.05) is 25.1 Å². The van der Waals surface area contributed by atoms with Crippen molar-refractivity contribution < 1.29 is 4.79 Å². The summed E-state index contributed by atoms with van der Waals surface area (Å²) in [6, 6.07) is 5.83. The Hall–Kier alpha value is -0.830. The molecule has 1 amide bonds. The number of hydrogen-bond donors (Lipinski definition) is 2. The minimum Gasteiger partial charge on any atom is -0.357 e. The first-order valence-corrected chi connectivity index (χ1v) is 8.98. The van der Waals surface area contributed by atoms with Crippen molar-refractivity contribution in [1.82, 2.24) is 10.2 Å². The summed E-state index contributed by atoms with van der Waals surface area (Å²) in [6.45, 7) is 7.50. The van der Waals surface area contributed by atoms with Crippen LogP contribution in [0.5, 0.6) is 0 Å². The number of anilines is 1. The van der Waals surface area contributed by atoms with Crippen molar-refractivity contribution in [3.05, 3.63) is 28.2 Å². The number of likely N-dealkylation sites (tertiary alicyclic amines) is 1. The highest BCUT2D eigenvalue weighted by Crippen LogP contribution is 2.20. The zero-order valence-electron chi connectivity index (χ0n) is 14.3. The summed E-state index contributed by atoms with van der Waals surface area (Å²) in [7, 11) is 0. The molecule has 0 saturated carbocycles. The zero-order chi connectivity index (χ0) is 16.7. The maximum Gasteiger partial charge on any atom is 0.226 e. The van der Waals surface area contributed by atoms with Crippen LogP contribution in [-0.2, 0) is 4.79 Å². The quantitative estimate of drug-likeness (QED) is 0.361. The third kappa shape index (κ3) is 6.58. The van der Waals surface area contributed by atoms with Crippen molar-refractivity contribution in [1.29, 1.82) is 0 Å². The Morgan fingerprint density at radius 3 is 2.67 bits per heavy atom. The summed E-state index contributed by atoms with van der Waals surface area (Å²) in [6.07, 6.45) is 2.82. The van der Waals surface area contributed by atoms with Gasteiger partial charge >= 0.3 is 0 Å². The molecule has 134 valence electrons. The van der Waals surface area contributed by atoms with Gasteiger partial charge in [0.15, 0.2) is 5.96 Å². The highest BCUT2D eigenvalue weighted by molar-refractivity contribution is 14.0. The van der Waals surface area contributed by atoms with E-state index in [0.717, 1.165) is 41.3 Å². The van der Waals surface area contributed by atoms with Gasteiger partial charge in [-0.25, -0.2) is 0 Å². The number of carbonyl (C=O) groups is 1. The third-order valence-corrected chi connectivity index (χ3v) is 4.30. The molecule has 1 aromatic carbocycles. The summed E-state index contributed by atoms with van der Waals surface area (Å²) in [4.78, 5) is 18.9. The number of nitrogens with zero attached hydrogens (tertiary/aromatic N) is 2. The molecule has 5 nitrogen and oxygen atoms in total. The monoisotopic (exact) mass is 508 g/mol. The van der Waals surface area contributed by atoms with Gasteiger partial charge in [-0.05, 0) is 50.5 Å². The average molecular weight is 509 g/mol. The molecule has 1 aromatic rings. The number of benzene rings is 1. The molecular weight excluding hydrogens is 483 g/mol. The van der Waals surface area contributed by atoms with Gasteiger partial charge in [0.05, 0.1) is 6.54 Å². The van der Waals surface area contributed by atoms with Gasteiger partial charge in [-0.2, -0.15) is 0 Å². The van der Waals surface area contributed by atoms with Crippen LogP contribution in [-0.4, -0.2) is 42.9 Å². The number of amides is 1. The molecule has 0 bridgehead atoms. The molecule has 0 radical (unpaired) electrons. The number of nitrogens with one attached hydrogen (secondary N) is 2. The van der Waals surface area contributed by atoms with Crippen molar-refractivity contribution in [2.45, 2.75) is 33.1 Å². The lowest BCUT2D eigenvalue weighted by Crippen LogP contribution is -2.39. The SMILES string of the molecule is CCNC(=NCCC(=O)Nc1ccc(Br)cc1C)N1CCCC1.I. The number of rotatable bonds is 5. The average Bonchev–Trinajstić information content (AvgIpc) is 3.03. The second-order valence-electron chi connectivity index (χ2n) is 5.69. The molecule has 1 aliphatic rings. The summed E-state index contributed by atoms with van der Waals surface area (Å²) in [5.41, 5.74) is 1.90. The van der Waals surface area contributed by atoms with Crippen LogP contribution < -0.4 is 10.6 Å². The number of halogens is 2. The number of guanidine groups is 1. The lowest BCUT2D eigenvalue weighted by atomic mass is 10.2. The summed E-state index contributed by atoms with van der Waals surface area (Å²) in [5, 5.41) is 6.25. The van der Waals surface area contributed by atoms with Gasteiger partial charge < -0.3 is 15.5 Å². The molecule has 0 atom stereocenters. The van der Waals surface area contributed by atoms with Crippen LogP contribution in [0.15, 0.2) is 27.7 Å². The normalized spacial score (nSPS) is 14.3. The Morgan fingerprint density at radius 1 is 1.33 bits per heavy atom. The van der Waals surface area contributed by atoms with Crippen LogP contribution in [0.1, 0.15) is 31.7 Å². The van der Waals surface area contributed by atoms with E-state index in [0.29, 0.717) is 13.0 Å². The summed E-state index contributed by atoms with van der Waals surface area (Å²) < 4.78 is 1.01. The predicted octanol–water partition coefficient (Wildman–Crippen LogP) is 3.77. The van der Waals surface area contributed by atoms with E-state index in [1.54, 1.807) is 0 Å². The maximum absolute atomic E-state index is 12.1. The lowest BCUT2D eigenvalue weighted by molar-refractivity contribution is -0.116. The van der Waals surface area contributed by atoms with Crippen LogP contribution >= 0.6 is 39.9 Å². The highest BCUT2D eigenvalue weighted by atomic mass is 127. The second-order valence-corrected chi connectivity index (χ2v) is 6.60. The molecule has 1 heterocycles. The smallest absolute Gasteiger partial charge is 0.226 e. The Morgan fingerprint density at radius 2 is 2.04 bits per heavy atom. The molecule has 0 aliphatic carbocycles. The van der Waals surface area contributed by atoms with Crippen LogP contribution in [0, 0.1) is 6.92 Å².